The van der Waals surface area contributed by atoms with Gasteiger partial charge in [-0.1, -0.05) is 0 Å². The fraction of sp³-hybridized carbons (Fsp3) is 0.882. The molecule has 4 bridgehead atoms. The molecule has 0 aromatic heterocycles. The van der Waals surface area contributed by atoms with Crippen molar-refractivity contribution >= 4 is 57.1 Å². The highest BCUT2D eigenvalue weighted by Gasteiger charge is 2.67. The average Bonchev–Trinajstić information content (AvgIpc) is 3.80. The third-order valence-corrected chi connectivity index (χ3v) is 29.5. The molecule has 2 saturated heterocycles. The highest BCUT2D eigenvalue weighted by Crippen LogP contribution is 2.64. The molecule has 2 heterocycles. The quantitative estimate of drug-likeness (QED) is 0.0748. The first-order chi connectivity index (χ1) is 22.4. The standard InChI is InChI=1S/C34H58O10Si4/c1-45(2,43-47(5,6)25-19-21-17-23(25)29-27(21)31(35)41-33(29)37)15-9-11-39-13-14-40-12-10-16-46(3,4)44-48(7,8)26-20-22-18-24(26)30-28(22)32(36)42-34(30)38/h21-30H,9-20H2,1-8H3. The number of fused-ring (bicyclic) bond motifs is 10. The Morgan fingerprint density at radius 2 is 0.875 bits per heavy atom. The molecule has 48 heavy (non-hydrogen) atoms. The molecule has 0 N–H and O–H groups in total. The summed E-state index contributed by atoms with van der Waals surface area (Å²) in [6, 6.07) is 2.06. The summed E-state index contributed by atoms with van der Waals surface area (Å²) in [6.07, 6.45) is 5.87. The van der Waals surface area contributed by atoms with Crippen LogP contribution in [0, 0.1) is 47.3 Å². The van der Waals surface area contributed by atoms with Gasteiger partial charge in [0.2, 0.25) is 0 Å². The van der Waals surface area contributed by atoms with Crippen LogP contribution in [-0.4, -0.2) is 83.6 Å². The van der Waals surface area contributed by atoms with E-state index in [2.05, 4.69) is 52.4 Å². The van der Waals surface area contributed by atoms with Crippen LogP contribution in [0.4, 0.5) is 0 Å². The second-order valence-corrected chi connectivity index (χ2v) is 35.5. The van der Waals surface area contributed by atoms with Gasteiger partial charge < -0.3 is 27.2 Å². The van der Waals surface area contributed by atoms with Crippen LogP contribution >= 0.6 is 0 Å². The van der Waals surface area contributed by atoms with Gasteiger partial charge in [-0.25, -0.2) is 0 Å². The van der Waals surface area contributed by atoms with Gasteiger partial charge in [0.15, 0.2) is 33.3 Å². The minimum atomic E-state index is -2.06. The Hall–Kier alpha value is -1.01. The molecule has 10 unspecified atom stereocenters. The van der Waals surface area contributed by atoms with Gasteiger partial charge in [-0.05, 0) is 138 Å². The molecule has 10 nitrogen and oxygen atoms in total. The third kappa shape index (κ3) is 7.20. The van der Waals surface area contributed by atoms with Gasteiger partial charge >= 0.3 is 23.9 Å². The predicted molar refractivity (Wildman–Crippen MR) is 189 cm³/mol. The monoisotopic (exact) mass is 738 g/mol. The summed E-state index contributed by atoms with van der Waals surface area (Å²) in [5.74, 6) is -0.983. The van der Waals surface area contributed by atoms with Crippen LogP contribution in [0.15, 0.2) is 0 Å². The maximum Gasteiger partial charge on any atom is 0.317 e. The molecule has 0 amide bonds. The summed E-state index contributed by atoms with van der Waals surface area (Å²) < 4.78 is 35.8. The molecule has 6 fully saturated rings. The lowest BCUT2D eigenvalue weighted by molar-refractivity contribution is -0.156. The van der Waals surface area contributed by atoms with Crippen molar-refractivity contribution in [2.24, 2.45) is 47.3 Å². The topological polar surface area (TPSA) is 124 Å². The van der Waals surface area contributed by atoms with Gasteiger partial charge in [0.1, 0.15) is 0 Å². The lowest BCUT2D eigenvalue weighted by Gasteiger charge is -2.42. The first-order valence-corrected chi connectivity index (χ1v) is 30.7. The Bertz CT molecular complexity index is 1190. The Balaban J connectivity index is 0.827. The van der Waals surface area contributed by atoms with Crippen molar-refractivity contribution in [3.8, 4) is 0 Å². The van der Waals surface area contributed by atoms with E-state index in [9.17, 15) is 19.2 Å². The van der Waals surface area contributed by atoms with Gasteiger partial charge in [0.05, 0.1) is 36.9 Å². The van der Waals surface area contributed by atoms with E-state index in [-0.39, 0.29) is 71.2 Å². The zero-order valence-corrected chi connectivity index (χ0v) is 34.3. The van der Waals surface area contributed by atoms with Crippen molar-refractivity contribution in [1.82, 2.24) is 0 Å². The Morgan fingerprint density at radius 3 is 1.25 bits per heavy atom. The SMILES string of the molecule is C[Si](C)(CCCOCCOCCC[Si](C)(C)O[Si](C)(C)C1CC2CC1C1C(=O)OC(=O)C21)O[Si](C)(C)C1CC2CC1C1C(=O)OC(=O)C21. The van der Waals surface area contributed by atoms with Crippen LogP contribution in [0.25, 0.3) is 0 Å². The van der Waals surface area contributed by atoms with Gasteiger partial charge in [-0.2, -0.15) is 0 Å². The summed E-state index contributed by atoms with van der Waals surface area (Å²) in [5.41, 5.74) is 0.821. The van der Waals surface area contributed by atoms with E-state index < -0.39 is 33.3 Å². The molecule has 0 radical (unpaired) electrons. The maximum absolute atomic E-state index is 12.4. The molecule has 4 saturated carbocycles. The number of cyclic esters (lactones) is 4. The smallest absolute Gasteiger partial charge is 0.317 e. The number of hydrogen-bond donors (Lipinski definition) is 0. The maximum atomic E-state index is 12.4. The summed E-state index contributed by atoms with van der Waals surface area (Å²) in [4.78, 5) is 49.1. The summed E-state index contributed by atoms with van der Waals surface area (Å²) in [7, 11) is -7.95. The molecule has 4 aliphatic carbocycles. The number of carbonyl (C=O) groups excluding carboxylic acids is 4. The van der Waals surface area contributed by atoms with E-state index in [1.807, 2.05) is 0 Å². The second kappa shape index (κ2) is 13.5. The third-order valence-electron chi connectivity index (χ3n) is 12.9. The van der Waals surface area contributed by atoms with Crippen LogP contribution < -0.4 is 0 Å². The highest BCUT2D eigenvalue weighted by atomic mass is 28.4. The summed E-state index contributed by atoms with van der Waals surface area (Å²) in [6.45, 7) is 21.0. The highest BCUT2D eigenvalue weighted by molar-refractivity contribution is 6.86. The van der Waals surface area contributed by atoms with Crippen LogP contribution in [0.5, 0.6) is 0 Å². The Labute approximate surface area is 290 Å². The first kappa shape index (κ1) is 36.8. The molecule has 0 spiro atoms. The summed E-state index contributed by atoms with van der Waals surface area (Å²) in [5, 5.41) is 0. The predicted octanol–water partition coefficient (Wildman–Crippen LogP) is 6.11. The molecule has 0 aromatic carbocycles. The zero-order valence-electron chi connectivity index (χ0n) is 30.3. The Kier molecular flexibility index (Phi) is 10.4. The lowest BCUT2D eigenvalue weighted by atomic mass is 9.81. The largest absolute Gasteiger partial charge is 0.455 e. The van der Waals surface area contributed by atoms with Gasteiger partial charge in [-0.3, -0.25) is 19.2 Å². The molecule has 0 aromatic rings. The first-order valence-electron chi connectivity index (χ1n) is 18.5. The normalized spacial score (nSPS) is 35.8. The minimum Gasteiger partial charge on any atom is -0.455 e. The van der Waals surface area contributed by atoms with Crippen molar-refractivity contribution in [3.05, 3.63) is 0 Å². The van der Waals surface area contributed by atoms with E-state index in [1.54, 1.807) is 0 Å². The molecular weight excluding hydrogens is 681 g/mol. The minimum absolute atomic E-state index is 0.199. The molecule has 14 heteroatoms. The molecule has 270 valence electrons. The van der Waals surface area contributed by atoms with Crippen LogP contribution in [0.2, 0.25) is 75.5 Å². The van der Waals surface area contributed by atoms with Crippen molar-refractivity contribution in [3.63, 3.8) is 0 Å². The lowest BCUT2D eigenvalue weighted by Crippen LogP contribution is -2.50. The van der Waals surface area contributed by atoms with E-state index in [0.29, 0.717) is 37.5 Å². The van der Waals surface area contributed by atoms with Gasteiger partial charge in [-0.15, -0.1) is 0 Å². The fourth-order valence-corrected chi connectivity index (χ4v) is 31.2. The van der Waals surface area contributed by atoms with Gasteiger partial charge in [0, 0.05) is 13.2 Å². The van der Waals surface area contributed by atoms with E-state index in [0.717, 1.165) is 50.6 Å². The van der Waals surface area contributed by atoms with Crippen molar-refractivity contribution in [2.45, 2.75) is 114 Å². The number of rotatable bonds is 17. The molecular formula is C34H58O10Si4. The van der Waals surface area contributed by atoms with E-state index in [1.165, 1.54) is 0 Å². The van der Waals surface area contributed by atoms with Crippen LogP contribution in [0.1, 0.15) is 38.5 Å². The Morgan fingerprint density at radius 1 is 0.521 bits per heavy atom. The van der Waals surface area contributed by atoms with Crippen LogP contribution in [-0.2, 0) is 46.4 Å². The van der Waals surface area contributed by atoms with Crippen molar-refractivity contribution < 1.29 is 46.4 Å². The van der Waals surface area contributed by atoms with Gasteiger partial charge in [0.25, 0.3) is 0 Å². The average molecular weight is 739 g/mol. The summed E-state index contributed by atoms with van der Waals surface area (Å²) >= 11 is 0. The number of carbonyl (C=O) groups is 4. The molecule has 6 aliphatic rings. The molecule has 10 atom stereocenters. The van der Waals surface area contributed by atoms with E-state index >= 15 is 0 Å². The number of hydrogen-bond acceptors (Lipinski definition) is 10. The fourth-order valence-electron chi connectivity index (χ4n) is 11.3. The number of ether oxygens (including phenoxy) is 4. The molecule has 2 aliphatic heterocycles. The van der Waals surface area contributed by atoms with Crippen molar-refractivity contribution in [2.75, 3.05) is 26.4 Å². The second-order valence-electron chi connectivity index (χ2n) is 17.9. The van der Waals surface area contributed by atoms with Crippen molar-refractivity contribution in [1.29, 1.82) is 0 Å². The van der Waals surface area contributed by atoms with E-state index in [4.69, 9.17) is 27.2 Å². The van der Waals surface area contributed by atoms with Crippen LogP contribution in [0.3, 0.4) is 0 Å². The number of esters is 4. The zero-order chi connectivity index (χ0) is 34.8. The molecule has 6 rings (SSSR count).